The van der Waals surface area contributed by atoms with Gasteiger partial charge in [0.15, 0.2) is 5.69 Å². The Bertz CT molecular complexity index is 732. The lowest BCUT2D eigenvalue weighted by Crippen LogP contribution is -2.32. The molecule has 154 valence electrons. The van der Waals surface area contributed by atoms with E-state index in [1.54, 1.807) is 6.07 Å². The number of piperidine rings is 1. The summed E-state index contributed by atoms with van der Waals surface area (Å²) in [6, 6.07) is 9.75. The summed E-state index contributed by atoms with van der Waals surface area (Å²) in [4.78, 5) is 12.5. The largest absolute Gasteiger partial charge is 0.379 e. The van der Waals surface area contributed by atoms with E-state index in [4.69, 9.17) is 9.47 Å². The summed E-state index contributed by atoms with van der Waals surface area (Å²) in [7, 11) is 0. The molecule has 1 aliphatic rings. The Morgan fingerprint density at radius 3 is 2.96 bits per heavy atom. The van der Waals surface area contributed by atoms with Crippen LogP contribution in [0.1, 0.15) is 41.9 Å². The lowest BCUT2D eigenvalue weighted by Gasteiger charge is -2.22. The van der Waals surface area contributed by atoms with Crippen molar-refractivity contribution in [1.82, 2.24) is 15.1 Å². The molecule has 0 spiro atoms. The summed E-state index contributed by atoms with van der Waals surface area (Å²) in [6.45, 7) is 6.23. The zero-order chi connectivity index (χ0) is 18.9. The Morgan fingerprint density at radius 2 is 2.18 bits per heavy atom. The van der Waals surface area contributed by atoms with Gasteiger partial charge in [-0.25, -0.2) is 0 Å². The average Bonchev–Trinajstić information content (AvgIpc) is 3.19. The van der Waals surface area contributed by atoms with Gasteiger partial charge in [0.2, 0.25) is 0 Å². The zero-order valence-corrected chi connectivity index (χ0v) is 17.0. The van der Waals surface area contributed by atoms with Gasteiger partial charge in [-0.15, -0.1) is 12.4 Å². The maximum absolute atomic E-state index is 12.5. The van der Waals surface area contributed by atoms with Crippen molar-refractivity contribution < 1.29 is 14.3 Å². The molecule has 7 nitrogen and oxygen atoms in total. The first-order valence-electron chi connectivity index (χ1n) is 9.58. The fourth-order valence-corrected chi connectivity index (χ4v) is 3.11. The fourth-order valence-electron chi connectivity index (χ4n) is 3.11. The van der Waals surface area contributed by atoms with Gasteiger partial charge in [0, 0.05) is 25.0 Å². The topological polar surface area (TPSA) is 77.4 Å². The lowest BCUT2D eigenvalue weighted by atomic mass is 10.1. The highest BCUT2D eigenvalue weighted by molar-refractivity contribution is 6.02. The van der Waals surface area contributed by atoms with Crippen LogP contribution in [0.15, 0.2) is 36.5 Å². The van der Waals surface area contributed by atoms with Gasteiger partial charge in [0.05, 0.1) is 25.9 Å². The highest BCUT2D eigenvalue weighted by atomic mass is 35.5. The van der Waals surface area contributed by atoms with Crippen LogP contribution in [0.5, 0.6) is 0 Å². The van der Waals surface area contributed by atoms with Crippen LogP contribution in [-0.4, -0.2) is 48.6 Å². The van der Waals surface area contributed by atoms with Crippen LogP contribution in [0.25, 0.3) is 0 Å². The number of rotatable bonds is 9. The van der Waals surface area contributed by atoms with E-state index in [0.29, 0.717) is 38.2 Å². The van der Waals surface area contributed by atoms with E-state index in [0.717, 1.165) is 37.2 Å². The molecule has 2 N–H and O–H groups in total. The normalized spacial score (nSPS) is 16.4. The molecule has 1 aliphatic heterocycles. The van der Waals surface area contributed by atoms with Gasteiger partial charge in [-0.3, -0.25) is 9.48 Å². The van der Waals surface area contributed by atoms with Gasteiger partial charge in [-0.05, 0) is 50.1 Å². The molecule has 0 aliphatic carbocycles. The van der Waals surface area contributed by atoms with Crippen molar-refractivity contribution in [2.24, 2.45) is 0 Å². The number of hydrogen-bond acceptors (Lipinski definition) is 5. The minimum absolute atomic E-state index is 0. The van der Waals surface area contributed by atoms with Gasteiger partial charge < -0.3 is 20.1 Å². The Labute approximate surface area is 172 Å². The van der Waals surface area contributed by atoms with Crippen LogP contribution < -0.4 is 10.6 Å². The molecule has 2 aromatic rings. The highest BCUT2D eigenvalue weighted by Gasteiger charge is 2.17. The summed E-state index contributed by atoms with van der Waals surface area (Å²) in [5.41, 5.74) is 2.17. The van der Waals surface area contributed by atoms with Crippen LogP contribution in [-0.2, 0) is 16.1 Å². The summed E-state index contributed by atoms with van der Waals surface area (Å²) in [5.74, 6) is -0.202. The van der Waals surface area contributed by atoms with Crippen LogP contribution >= 0.6 is 12.4 Å². The molecule has 1 aromatic carbocycles. The predicted octanol–water partition coefficient (Wildman–Crippen LogP) is 3.03. The number of carbonyl (C=O) groups excluding carboxylic acids is 1. The van der Waals surface area contributed by atoms with Crippen molar-refractivity contribution in [2.75, 3.05) is 38.2 Å². The molecule has 1 fully saturated rings. The number of anilines is 1. The number of carbonyl (C=O) groups is 1. The minimum atomic E-state index is -0.202. The van der Waals surface area contributed by atoms with Crippen molar-refractivity contribution >= 4 is 24.0 Å². The van der Waals surface area contributed by atoms with Crippen LogP contribution in [0.3, 0.4) is 0 Å². The second kappa shape index (κ2) is 11.8. The van der Waals surface area contributed by atoms with Crippen molar-refractivity contribution in [2.45, 2.75) is 32.4 Å². The number of nitrogens with zero attached hydrogens (tertiary/aromatic N) is 2. The molecule has 8 heteroatoms. The third-order valence-electron chi connectivity index (χ3n) is 4.52. The maximum Gasteiger partial charge on any atom is 0.276 e. The van der Waals surface area contributed by atoms with Gasteiger partial charge in [0.1, 0.15) is 0 Å². The molecule has 1 amide bonds. The van der Waals surface area contributed by atoms with Crippen molar-refractivity contribution in [1.29, 1.82) is 0 Å². The van der Waals surface area contributed by atoms with E-state index in [9.17, 15) is 4.79 Å². The van der Waals surface area contributed by atoms with Crippen LogP contribution in [0, 0.1) is 0 Å². The van der Waals surface area contributed by atoms with E-state index >= 15 is 0 Å². The first-order valence-corrected chi connectivity index (χ1v) is 9.58. The number of ether oxygens (including phenoxy) is 2. The molecule has 0 radical (unpaired) electrons. The van der Waals surface area contributed by atoms with Crippen molar-refractivity contribution in [3.63, 3.8) is 0 Å². The maximum atomic E-state index is 12.5. The minimum Gasteiger partial charge on any atom is -0.379 e. The molecule has 2 heterocycles. The molecular weight excluding hydrogens is 380 g/mol. The monoisotopic (exact) mass is 408 g/mol. The second-order valence-electron chi connectivity index (χ2n) is 6.59. The molecule has 28 heavy (non-hydrogen) atoms. The quantitative estimate of drug-likeness (QED) is 0.623. The Morgan fingerprint density at radius 1 is 1.32 bits per heavy atom. The molecule has 1 saturated heterocycles. The Kier molecular flexibility index (Phi) is 9.43. The third-order valence-corrected chi connectivity index (χ3v) is 4.52. The SMILES string of the molecule is CCOCCOCc1cccc(NC(=O)c2ccn(C3CCCNC3)n2)c1.Cl. The van der Waals surface area contributed by atoms with E-state index in [1.807, 2.05) is 42.1 Å². The standard InChI is InChI=1S/C20H28N4O3.ClH/c1-2-26-11-12-27-15-16-5-3-6-17(13-16)22-20(25)19-8-10-24(23-19)18-7-4-9-21-14-18;/h3,5-6,8,10,13,18,21H,2,4,7,9,11-12,14-15H2,1H3,(H,22,25);1H. The Hall–Kier alpha value is -1.93. The zero-order valence-electron chi connectivity index (χ0n) is 16.2. The molecule has 1 unspecified atom stereocenters. The predicted molar refractivity (Wildman–Crippen MR) is 111 cm³/mol. The highest BCUT2D eigenvalue weighted by Crippen LogP contribution is 2.17. The number of halogens is 1. The molecule has 1 aromatic heterocycles. The first-order chi connectivity index (χ1) is 13.3. The number of hydrogen-bond donors (Lipinski definition) is 2. The molecular formula is C20H29ClN4O3. The van der Waals surface area contributed by atoms with E-state index in [1.165, 1.54) is 0 Å². The fraction of sp³-hybridized carbons (Fsp3) is 0.500. The van der Waals surface area contributed by atoms with Gasteiger partial charge in [-0.1, -0.05) is 12.1 Å². The number of amides is 1. The van der Waals surface area contributed by atoms with Crippen LogP contribution in [0.4, 0.5) is 5.69 Å². The second-order valence-corrected chi connectivity index (χ2v) is 6.59. The number of benzene rings is 1. The summed E-state index contributed by atoms with van der Waals surface area (Å²) in [6.07, 6.45) is 4.10. The van der Waals surface area contributed by atoms with Crippen LogP contribution in [0.2, 0.25) is 0 Å². The number of nitrogens with one attached hydrogen (secondary N) is 2. The first kappa shape index (κ1) is 22.4. The van der Waals surface area contributed by atoms with E-state index < -0.39 is 0 Å². The number of aromatic nitrogens is 2. The summed E-state index contributed by atoms with van der Waals surface area (Å²) >= 11 is 0. The molecule has 3 rings (SSSR count). The molecule has 0 bridgehead atoms. The third kappa shape index (κ3) is 6.60. The van der Waals surface area contributed by atoms with Gasteiger partial charge in [0.25, 0.3) is 5.91 Å². The molecule has 0 saturated carbocycles. The van der Waals surface area contributed by atoms with E-state index in [-0.39, 0.29) is 18.3 Å². The van der Waals surface area contributed by atoms with Gasteiger partial charge in [-0.2, -0.15) is 5.10 Å². The lowest BCUT2D eigenvalue weighted by molar-refractivity contribution is 0.0453. The molecule has 1 atom stereocenters. The van der Waals surface area contributed by atoms with Crippen molar-refractivity contribution in [3.05, 3.63) is 47.8 Å². The van der Waals surface area contributed by atoms with Crippen molar-refractivity contribution in [3.8, 4) is 0 Å². The summed E-state index contributed by atoms with van der Waals surface area (Å²) < 4.78 is 12.7. The Balaban J connectivity index is 0.00000280. The smallest absolute Gasteiger partial charge is 0.276 e. The summed E-state index contributed by atoms with van der Waals surface area (Å²) in [5, 5.41) is 10.7. The van der Waals surface area contributed by atoms with E-state index in [2.05, 4.69) is 15.7 Å². The average molecular weight is 409 g/mol. The van der Waals surface area contributed by atoms with Gasteiger partial charge >= 0.3 is 0 Å².